The molecule has 0 radical (unpaired) electrons. The average Bonchev–Trinajstić information content (AvgIpc) is 2.82. The second-order valence-electron chi connectivity index (χ2n) is 4.69. The van der Waals surface area contributed by atoms with Crippen molar-refractivity contribution in [1.29, 1.82) is 0 Å². The lowest BCUT2D eigenvalue weighted by Crippen LogP contribution is -2.33. The third kappa shape index (κ3) is 2.03. The molecule has 0 N–H and O–H groups in total. The van der Waals surface area contributed by atoms with Crippen LogP contribution in [0.15, 0.2) is 48.5 Å². The highest BCUT2D eigenvalue weighted by molar-refractivity contribution is 5.79. The maximum atomic E-state index is 5.94. The zero-order valence-electron chi connectivity index (χ0n) is 11.5. The van der Waals surface area contributed by atoms with Crippen LogP contribution in [-0.2, 0) is 15.3 Å². The van der Waals surface area contributed by atoms with Gasteiger partial charge in [-0.3, -0.25) is 0 Å². The molecule has 0 aliphatic heterocycles. The van der Waals surface area contributed by atoms with Crippen LogP contribution in [0.25, 0.3) is 11.1 Å². The highest BCUT2D eigenvalue weighted by atomic mass is 16.7. The molecule has 0 saturated carbocycles. The Kier molecular flexibility index (Phi) is 3.50. The van der Waals surface area contributed by atoms with Crippen molar-refractivity contribution in [2.75, 3.05) is 13.2 Å². The van der Waals surface area contributed by atoms with Gasteiger partial charge in [0.15, 0.2) is 0 Å². The largest absolute Gasteiger partial charge is 0.329 e. The molecular formula is C19H14O2. The summed E-state index contributed by atoms with van der Waals surface area (Å²) in [4.78, 5) is 0. The predicted octanol–water partition coefficient (Wildman–Crippen LogP) is 3.17. The number of benzene rings is 2. The van der Waals surface area contributed by atoms with Gasteiger partial charge in [0.05, 0.1) is 0 Å². The monoisotopic (exact) mass is 274 g/mol. The molecule has 0 aromatic heterocycles. The molecule has 0 fully saturated rings. The molecule has 2 aromatic carbocycles. The fraction of sp³-hybridized carbons (Fsp3) is 0.158. The molecule has 21 heavy (non-hydrogen) atoms. The number of fused-ring (bicyclic) bond motifs is 3. The first-order chi connectivity index (χ1) is 10.3. The van der Waals surface area contributed by atoms with Gasteiger partial charge < -0.3 is 9.47 Å². The quantitative estimate of drug-likeness (QED) is 0.630. The second kappa shape index (κ2) is 5.46. The summed E-state index contributed by atoms with van der Waals surface area (Å²) in [5.41, 5.74) is 4.05. The van der Waals surface area contributed by atoms with Crippen molar-refractivity contribution in [3.8, 4) is 35.8 Å². The van der Waals surface area contributed by atoms with E-state index in [0.29, 0.717) is 0 Å². The fourth-order valence-corrected chi connectivity index (χ4v) is 2.79. The lowest BCUT2D eigenvalue weighted by atomic mass is 10.0. The molecule has 0 spiro atoms. The highest BCUT2D eigenvalue weighted by Crippen LogP contribution is 2.50. The van der Waals surface area contributed by atoms with E-state index in [0.717, 1.165) is 22.3 Å². The first-order valence-electron chi connectivity index (χ1n) is 6.67. The SMILES string of the molecule is C#CCOC1(OCC#C)c2ccccc2-c2ccccc21. The van der Waals surface area contributed by atoms with Gasteiger partial charge in [-0.05, 0) is 11.1 Å². The second-order valence-corrected chi connectivity index (χ2v) is 4.69. The third-order valence-electron chi connectivity index (χ3n) is 3.57. The normalized spacial score (nSPS) is 13.8. The molecule has 102 valence electrons. The van der Waals surface area contributed by atoms with Gasteiger partial charge in [-0.15, -0.1) is 12.8 Å². The summed E-state index contributed by atoms with van der Waals surface area (Å²) < 4.78 is 11.9. The molecule has 1 aliphatic rings. The van der Waals surface area contributed by atoms with Crippen LogP contribution in [0.4, 0.5) is 0 Å². The van der Waals surface area contributed by atoms with Crippen LogP contribution in [0, 0.1) is 24.7 Å². The minimum atomic E-state index is -1.02. The molecule has 0 atom stereocenters. The summed E-state index contributed by atoms with van der Waals surface area (Å²) in [7, 11) is 0. The van der Waals surface area contributed by atoms with E-state index in [2.05, 4.69) is 11.8 Å². The van der Waals surface area contributed by atoms with E-state index >= 15 is 0 Å². The molecule has 2 heteroatoms. The molecular weight excluding hydrogens is 260 g/mol. The Morgan fingerprint density at radius 2 is 1.19 bits per heavy atom. The van der Waals surface area contributed by atoms with E-state index in [1.165, 1.54) is 0 Å². The van der Waals surface area contributed by atoms with Crippen molar-refractivity contribution in [3.05, 3.63) is 59.7 Å². The van der Waals surface area contributed by atoms with Gasteiger partial charge in [0.25, 0.3) is 0 Å². The van der Waals surface area contributed by atoms with Crippen LogP contribution in [0.2, 0.25) is 0 Å². The molecule has 2 nitrogen and oxygen atoms in total. The number of hydrogen-bond acceptors (Lipinski definition) is 2. The van der Waals surface area contributed by atoms with Crippen molar-refractivity contribution in [2.24, 2.45) is 0 Å². The van der Waals surface area contributed by atoms with E-state index in [-0.39, 0.29) is 13.2 Å². The van der Waals surface area contributed by atoms with Gasteiger partial charge in [0.2, 0.25) is 5.79 Å². The van der Waals surface area contributed by atoms with E-state index in [9.17, 15) is 0 Å². The van der Waals surface area contributed by atoms with Crippen LogP contribution in [0.5, 0.6) is 0 Å². The Morgan fingerprint density at radius 3 is 1.62 bits per heavy atom. The molecule has 1 aliphatic carbocycles. The van der Waals surface area contributed by atoms with Crippen molar-refractivity contribution in [1.82, 2.24) is 0 Å². The summed E-state index contributed by atoms with van der Waals surface area (Å²) in [5.74, 6) is 3.99. The van der Waals surface area contributed by atoms with Crippen molar-refractivity contribution < 1.29 is 9.47 Å². The Morgan fingerprint density at radius 1 is 0.762 bits per heavy atom. The van der Waals surface area contributed by atoms with E-state index in [1.54, 1.807) is 0 Å². The topological polar surface area (TPSA) is 18.5 Å². The van der Waals surface area contributed by atoms with E-state index < -0.39 is 5.79 Å². The number of hydrogen-bond donors (Lipinski definition) is 0. The standard InChI is InChI=1S/C19H14O2/c1-3-13-20-19(21-14-4-2)17-11-7-5-9-15(17)16-10-6-8-12-18(16)19/h1-2,5-12H,13-14H2. The molecule has 2 aromatic rings. The van der Waals surface area contributed by atoms with E-state index in [4.69, 9.17) is 22.3 Å². The first kappa shape index (κ1) is 13.5. The zero-order chi connectivity index (χ0) is 14.7. The highest BCUT2D eigenvalue weighted by Gasteiger charge is 2.45. The van der Waals surface area contributed by atoms with Gasteiger partial charge in [-0.1, -0.05) is 60.4 Å². The van der Waals surface area contributed by atoms with Crippen LogP contribution in [0.3, 0.4) is 0 Å². The van der Waals surface area contributed by atoms with Crippen molar-refractivity contribution in [3.63, 3.8) is 0 Å². The van der Waals surface area contributed by atoms with Crippen LogP contribution < -0.4 is 0 Å². The Hall–Kier alpha value is -2.52. The predicted molar refractivity (Wildman–Crippen MR) is 82.2 cm³/mol. The number of ether oxygens (including phenoxy) is 2. The third-order valence-corrected chi connectivity index (χ3v) is 3.57. The van der Waals surface area contributed by atoms with Crippen LogP contribution >= 0.6 is 0 Å². The Balaban J connectivity index is 2.22. The Labute approximate surface area is 124 Å². The number of rotatable bonds is 4. The summed E-state index contributed by atoms with van der Waals surface area (Å²) in [6.07, 6.45) is 10.7. The van der Waals surface area contributed by atoms with Crippen LogP contribution in [-0.4, -0.2) is 13.2 Å². The van der Waals surface area contributed by atoms with Crippen molar-refractivity contribution >= 4 is 0 Å². The number of terminal acetylenes is 2. The summed E-state index contributed by atoms with van der Waals surface area (Å²) in [6, 6.07) is 16.0. The van der Waals surface area contributed by atoms with Crippen molar-refractivity contribution in [2.45, 2.75) is 5.79 Å². The van der Waals surface area contributed by atoms with Gasteiger partial charge in [0.1, 0.15) is 13.2 Å². The summed E-state index contributed by atoms with van der Waals surface area (Å²) in [6.45, 7) is 0.292. The molecule has 3 rings (SSSR count). The smallest absolute Gasteiger partial charge is 0.225 e. The maximum absolute atomic E-state index is 5.94. The lowest BCUT2D eigenvalue weighted by Gasteiger charge is -2.30. The van der Waals surface area contributed by atoms with Gasteiger partial charge in [-0.2, -0.15) is 0 Å². The van der Waals surface area contributed by atoms with E-state index in [1.807, 2.05) is 48.5 Å². The van der Waals surface area contributed by atoms with Gasteiger partial charge >= 0.3 is 0 Å². The minimum absolute atomic E-state index is 0.146. The molecule has 0 bridgehead atoms. The minimum Gasteiger partial charge on any atom is -0.329 e. The summed E-state index contributed by atoms with van der Waals surface area (Å²) in [5, 5.41) is 0. The zero-order valence-corrected chi connectivity index (χ0v) is 11.5. The first-order valence-corrected chi connectivity index (χ1v) is 6.67. The Bertz CT molecular complexity index is 681. The summed E-state index contributed by atoms with van der Waals surface area (Å²) >= 11 is 0. The molecule has 0 amide bonds. The lowest BCUT2D eigenvalue weighted by molar-refractivity contribution is -0.199. The van der Waals surface area contributed by atoms with Crippen LogP contribution in [0.1, 0.15) is 11.1 Å². The van der Waals surface area contributed by atoms with Gasteiger partial charge in [-0.25, -0.2) is 0 Å². The fourth-order valence-electron chi connectivity index (χ4n) is 2.79. The average molecular weight is 274 g/mol. The maximum Gasteiger partial charge on any atom is 0.225 e. The molecule has 0 saturated heterocycles. The van der Waals surface area contributed by atoms with Gasteiger partial charge in [0, 0.05) is 11.1 Å². The molecule has 0 unspecified atom stereocenters. The molecule has 0 heterocycles.